The quantitative estimate of drug-likeness (QED) is 0.708. The van der Waals surface area contributed by atoms with E-state index in [-0.39, 0.29) is 17.7 Å². The first-order valence-electron chi connectivity index (χ1n) is 6.78. The number of aromatic amines is 1. The highest BCUT2D eigenvalue weighted by molar-refractivity contribution is 9.10. The van der Waals surface area contributed by atoms with Crippen molar-refractivity contribution in [2.75, 3.05) is 0 Å². The molecule has 6 heteroatoms. The highest BCUT2D eigenvalue weighted by atomic mass is 79.9. The first-order chi connectivity index (χ1) is 11.0. The van der Waals surface area contributed by atoms with Crippen LogP contribution in [0.3, 0.4) is 0 Å². The van der Waals surface area contributed by atoms with Gasteiger partial charge in [-0.2, -0.15) is 0 Å². The SMILES string of the molecule is O=C(OCc1cc2ccccc2[nH]c1=O)c1ccc(Br)cc1F. The minimum absolute atomic E-state index is 0.176. The van der Waals surface area contributed by atoms with Gasteiger partial charge in [0.15, 0.2) is 0 Å². The molecule has 0 aliphatic carbocycles. The van der Waals surface area contributed by atoms with E-state index in [1.807, 2.05) is 18.2 Å². The van der Waals surface area contributed by atoms with Gasteiger partial charge in [-0.15, -0.1) is 0 Å². The number of pyridine rings is 1. The molecule has 2 aromatic carbocycles. The molecule has 0 fully saturated rings. The van der Waals surface area contributed by atoms with Crippen molar-refractivity contribution in [1.29, 1.82) is 0 Å². The Hall–Kier alpha value is -2.47. The summed E-state index contributed by atoms with van der Waals surface area (Å²) < 4.78 is 19.3. The molecule has 0 radical (unpaired) electrons. The summed E-state index contributed by atoms with van der Waals surface area (Å²) in [5.74, 6) is -1.50. The summed E-state index contributed by atoms with van der Waals surface area (Å²) in [7, 11) is 0. The van der Waals surface area contributed by atoms with Crippen LogP contribution in [0, 0.1) is 5.82 Å². The molecule has 1 N–H and O–H groups in total. The maximum absolute atomic E-state index is 13.7. The van der Waals surface area contributed by atoms with E-state index in [0.717, 1.165) is 5.39 Å². The standard InChI is InChI=1S/C17H11BrFNO3/c18-12-5-6-13(14(19)8-12)17(22)23-9-11-7-10-3-1-2-4-15(10)20-16(11)21/h1-8H,9H2,(H,20,21). The van der Waals surface area contributed by atoms with E-state index in [1.165, 1.54) is 12.1 Å². The number of fused-ring (bicyclic) bond motifs is 1. The lowest BCUT2D eigenvalue weighted by atomic mass is 10.1. The zero-order valence-corrected chi connectivity index (χ0v) is 13.4. The van der Waals surface area contributed by atoms with E-state index < -0.39 is 11.8 Å². The summed E-state index contributed by atoms with van der Waals surface area (Å²) in [6, 6.07) is 13.0. The van der Waals surface area contributed by atoms with Crippen LogP contribution >= 0.6 is 15.9 Å². The molecule has 3 aromatic rings. The van der Waals surface area contributed by atoms with Gasteiger partial charge in [0.1, 0.15) is 12.4 Å². The van der Waals surface area contributed by atoms with Gasteiger partial charge in [0.25, 0.3) is 5.56 Å². The predicted octanol–water partition coefficient (Wildman–Crippen LogP) is 3.79. The van der Waals surface area contributed by atoms with E-state index >= 15 is 0 Å². The predicted molar refractivity (Wildman–Crippen MR) is 87.8 cm³/mol. The minimum atomic E-state index is -0.817. The molecule has 0 saturated carbocycles. The Morgan fingerprint density at radius 2 is 1.96 bits per heavy atom. The summed E-state index contributed by atoms with van der Waals surface area (Å²) in [5, 5.41) is 0.827. The Labute approximate surface area is 139 Å². The first-order valence-corrected chi connectivity index (χ1v) is 7.57. The van der Waals surface area contributed by atoms with Crippen LogP contribution < -0.4 is 5.56 Å². The van der Waals surface area contributed by atoms with E-state index in [2.05, 4.69) is 20.9 Å². The number of esters is 1. The highest BCUT2D eigenvalue weighted by Crippen LogP contribution is 2.17. The van der Waals surface area contributed by atoms with Gasteiger partial charge >= 0.3 is 5.97 Å². The molecule has 1 heterocycles. The van der Waals surface area contributed by atoms with Crippen LogP contribution in [0.15, 0.2) is 57.8 Å². The number of para-hydroxylation sites is 1. The number of carbonyl (C=O) groups excluding carboxylic acids is 1. The Morgan fingerprint density at radius 1 is 1.17 bits per heavy atom. The Kier molecular flexibility index (Phi) is 4.25. The molecular formula is C17H11BrFNO3. The molecule has 0 aliphatic heterocycles. The van der Waals surface area contributed by atoms with Gasteiger partial charge in [0.05, 0.1) is 11.1 Å². The summed E-state index contributed by atoms with van der Waals surface area (Å²) in [6.07, 6.45) is 0. The Bertz CT molecular complexity index is 952. The lowest BCUT2D eigenvalue weighted by Gasteiger charge is -2.06. The topological polar surface area (TPSA) is 59.2 Å². The molecule has 3 rings (SSSR count). The Balaban J connectivity index is 1.81. The molecule has 0 atom stereocenters. The molecule has 0 bridgehead atoms. The molecule has 0 aliphatic rings. The number of nitrogens with one attached hydrogen (secondary N) is 1. The van der Waals surface area contributed by atoms with Crippen LogP contribution in [-0.2, 0) is 11.3 Å². The molecule has 0 spiro atoms. The third-order valence-electron chi connectivity index (χ3n) is 3.34. The van der Waals surface area contributed by atoms with Gasteiger partial charge in [-0.25, -0.2) is 9.18 Å². The molecule has 0 amide bonds. The lowest BCUT2D eigenvalue weighted by Crippen LogP contribution is -2.16. The van der Waals surface area contributed by atoms with Crippen molar-refractivity contribution in [2.45, 2.75) is 6.61 Å². The van der Waals surface area contributed by atoms with Crippen molar-refractivity contribution in [2.24, 2.45) is 0 Å². The number of hydrogen-bond acceptors (Lipinski definition) is 3. The second kappa shape index (κ2) is 6.34. The number of benzene rings is 2. The van der Waals surface area contributed by atoms with Crippen LogP contribution in [0.4, 0.5) is 4.39 Å². The minimum Gasteiger partial charge on any atom is -0.457 e. The summed E-state index contributed by atoms with van der Waals surface area (Å²) in [6.45, 7) is -0.228. The second-order valence-corrected chi connectivity index (χ2v) is 5.83. The normalized spacial score (nSPS) is 10.7. The van der Waals surface area contributed by atoms with Crippen molar-refractivity contribution in [1.82, 2.24) is 4.98 Å². The number of halogens is 2. The largest absolute Gasteiger partial charge is 0.457 e. The van der Waals surface area contributed by atoms with Crippen molar-refractivity contribution < 1.29 is 13.9 Å². The maximum Gasteiger partial charge on any atom is 0.341 e. The highest BCUT2D eigenvalue weighted by Gasteiger charge is 2.14. The van der Waals surface area contributed by atoms with Crippen LogP contribution in [-0.4, -0.2) is 11.0 Å². The van der Waals surface area contributed by atoms with E-state index in [9.17, 15) is 14.0 Å². The number of aromatic nitrogens is 1. The molecular weight excluding hydrogens is 365 g/mol. The van der Waals surface area contributed by atoms with Crippen LogP contribution in [0.1, 0.15) is 15.9 Å². The third kappa shape index (κ3) is 3.32. The molecule has 23 heavy (non-hydrogen) atoms. The fourth-order valence-electron chi connectivity index (χ4n) is 2.18. The van der Waals surface area contributed by atoms with E-state index in [1.54, 1.807) is 18.2 Å². The molecule has 0 unspecified atom stereocenters. The van der Waals surface area contributed by atoms with Gasteiger partial charge in [-0.05, 0) is 35.7 Å². The fourth-order valence-corrected chi connectivity index (χ4v) is 2.51. The smallest absolute Gasteiger partial charge is 0.341 e. The molecule has 4 nitrogen and oxygen atoms in total. The average molecular weight is 376 g/mol. The summed E-state index contributed by atoms with van der Waals surface area (Å²) in [5.41, 5.74) is 0.485. The van der Waals surface area contributed by atoms with Crippen molar-refractivity contribution in [3.63, 3.8) is 0 Å². The van der Waals surface area contributed by atoms with Crippen molar-refractivity contribution in [3.8, 4) is 0 Å². The fraction of sp³-hybridized carbons (Fsp3) is 0.0588. The lowest BCUT2D eigenvalue weighted by molar-refractivity contribution is 0.0466. The molecule has 1 aromatic heterocycles. The number of H-pyrrole nitrogens is 1. The van der Waals surface area contributed by atoms with E-state index in [0.29, 0.717) is 15.6 Å². The van der Waals surface area contributed by atoms with Gasteiger partial charge in [0, 0.05) is 9.99 Å². The van der Waals surface area contributed by atoms with Crippen molar-refractivity contribution in [3.05, 3.63) is 80.3 Å². The van der Waals surface area contributed by atoms with Crippen LogP contribution in [0.2, 0.25) is 0 Å². The van der Waals surface area contributed by atoms with Crippen LogP contribution in [0.25, 0.3) is 10.9 Å². The van der Waals surface area contributed by atoms with E-state index in [4.69, 9.17) is 4.74 Å². The maximum atomic E-state index is 13.7. The second-order valence-electron chi connectivity index (χ2n) is 4.91. The van der Waals surface area contributed by atoms with Gasteiger partial charge < -0.3 is 9.72 Å². The third-order valence-corrected chi connectivity index (χ3v) is 3.83. The van der Waals surface area contributed by atoms with Gasteiger partial charge in [0.2, 0.25) is 0 Å². The Morgan fingerprint density at radius 3 is 2.74 bits per heavy atom. The monoisotopic (exact) mass is 375 g/mol. The van der Waals surface area contributed by atoms with Gasteiger partial charge in [-0.1, -0.05) is 34.1 Å². The molecule has 0 saturated heterocycles. The molecule has 116 valence electrons. The summed E-state index contributed by atoms with van der Waals surface area (Å²) >= 11 is 3.12. The number of carbonyl (C=O) groups is 1. The number of rotatable bonds is 3. The van der Waals surface area contributed by atoms with Crippen LogP contribution in [0.5, 0.6) is 0 Å². The number of ether oxygens (including phenoxy) is 1. The van der Waals surface area contributed by atoms with Gasteiger partial charge in [-0.3, -0.25) is 4.79 Å². The first kappa shape index (κ1) is 15.4. The summed E-state index contributed by atoms with van der Waals surface area (Å²) in [4.78, 5) is 26.6. The zero-order valence-electron chi connectivity index (χ0n) is 11.8. The van der Waals surface area contributed by atoms with Crippen molar-refractivity contribution >= 4 is 32.8 Å². The number of hydrogen-bond donors (Lipinski definition) is 1. The average Bonchev–Trinajstić information content (AvgIpc) is 2.52. The zero-order chi connectivity index (χ0) is 16.4.